The number of azo groups is 1. The minimum atomic E-state index is -0.0915. The molecule has 0 rings (SSSR count). The lowest BCUT2D eigenvalue weighted by Crippen LogP contribution is -1.96. The number of nitrogens with zero attached hydrogens (tertiary/aromatic N) is 4. The molecule has 0 N–H and O–H groups in total. The first-order chi connectivity index (χ1) is 5.70. The number of hydrogen-bond donors (Lipinski definition) is 0. The molecule has 0 aliphatic rings. The third-order valence-corrected chi connectivity index (χ3v) is 1.25. The van der Waals surface area contributed by atoms with Crippen LogP contribution in [0, 0.1) is 34.5 Å². The second kappa shape index (κ2) is 6.30. The molecule has 0 saturated carbocycles. The number of hydrogen-bond acceptors (Lipinski definition) is 4. The van der Waals surface area contributed by atoms with Crippen LogP contribution in [0.2, 0.25) is 0 Å². The van der Waals surface area contributed by atoms with Crippen molar-refractivity contribution < 1.29 is 0 Å². The minimum absolute atomic E-state index is 0.0915. The van der Waals surface area contributed by atoms with Crippen LogP contribution in [0.5, 0.6) is 0 Å². The Bertz CT molecular complexity index is 196. The van der Waals surface area contributed by atoms with Crippen LogP contribution in [-0.4, -0.2) is 13.1 Å². The zero-order valence-electron chi connectivity index (χ0n) is 7.36. The van der Waals surface area contributed by atoms with E-state index in [1.807, 2.05) is 12.1 Å². The Morgan fingerprint density at radius 1 is 1.00 bits per heavy atom. The molecule has 12 heavy (non-hydrogen) atoms. The molecule has 4 heteroatoms. The Labute approximate surface area is 72.5 Å². The maximum atomic E-state index is 8.39. The molecule has 0 aromatic heterocycles. The van der Waals surface area contributed by atoms with Crippen molar-refractivity contribution in [3.63, 3.8) is 0 Å². The van der Waals surface area contributed by atoms with Crippen molar-refractivity contribution in [1.82, 2.24) is 0 Å². The molecule has 0 fully saturated rings. The minimum Gasteiger partial charge on any atom is -0.198 e. The van der Waals surface area contributed by atoms with Crippen LogP contribution in [0.4, 0.5) is 0 Å². The Balaban J connectivity index is 3.53. The smallest absolute Gasteiger partial charge is 0.0754 e. The Kier molecular flexibility index (Phi) is 5.55. The summed E-state index contributed by atoms with van der Waals surface area (Å²) in [6, 6.07) is 4.10. The second-order valence-electron chi connectivity index (χ2n) is 2.71. The molecule has 0 aromatic rings. The largest absolute Gasteiger partial charge is 0.198 e. The lowest BCUT2D eigenvalue weighted by molar-refractivity contribution is 0.667. The molecule has 2 atom stereocenters. The van der Waals surface area contributed by atoms with Gasteiger partial charge < -0.3 is 0 Å². The first-order valence-electron chi connectivity index (χ1n) is 3.83. The molecular weight excluding hydrogens is 152 g/mol. The van der Waals surface area contributed by atoms with E-state index < -0.39 is 0 Å². The molecular formula is C8H12N4. The first kappa shape index (κ1) is 10.6. The highest BCUT2D eigenvalue weighted by Crippen LogP contribution is 1.96. The Morgan fingerprint density at radius 3 is 1.58 bits per heavy atom. The van der Waals surface area contributed by atoms with Crippen molar-refractivity contribution in [1.29, 1.82) is 10.5 Å². The van der Waals surface area contributed by atoms with E-state index in [-0.39, 0.29) is 11.8 Å². The highest BCUT2D eigenvalue weighted by Gasteiger charge is 1.97. The SMILES string of the molecule is CC(C#N)C/N=N/CC(C)C#N. The van der Waals surface area contributed by atoms with Crippen molar-refractivity contribution in [2.45, 2.75) is 13.8 Å². The van der Waals surface area contributed by atoms with Gasteiger partial charge in [-0.25, -0.2) is 0 Å². The van der Waals surface area contributed by atoms with E-state index in [0.29, 0.717) is 13.1 Å². The third-order valence-electron chi connectivity index (χ3n) is 1.25. The highest BCUT2D eigenvalue weighted by molar-refractivity contribution is 4.81. The van der Waals surface area contributed by atoms with Crippen LogP contribution in [0.3, 0.4) is 0 Å². The second-order valence-corrected chi connectivity index (χ2v) is 2.71. The van der Waals surface area contributed by atoms with Crippen LogP contribution in [0.15, 0.2) is 10.2 Å². The van der Waals surface area contributed by atoms with Gasteiger partial charge in [-0.05, 0) is 13.8 Å². The Hall–Kier alpha value is -1.42. The highest BCUT2D eigenvalue weighted by atomic mass is 15.1. The van der Waals surface area contributed by atoms with Gasteiger partial charge >= 0.3 is 0 Å². The van der Waals surface area contributed by atoms with Crippen LogP contribution in [-0.2, 0) is 0 Å². The third kappa shape index (κ3) is 5.37. The molecule has 0 bridgehead atoms. The lowest BCUT2D eigenvalue weighted by atomic mass is 10.2. The van der Waals surface area contributed by atoms with E-state index >= 15 is 0 Å². The molecule has 0 aromatic carbocycles. The van der Waals surface area contributed by atoms with Gasteiger partial charge in [-0.3, -0.25) is 0 Å². The average molecular weight is 164 g/mol. The summed E-state index contributed by atoms with van der Waals surface area (Å²) >= 11 is 0. The molecule has 0 radical (unpaired) electrons. The molecule has 0 saturated heterocycles. The summed E-state index contributed by atoms with van der Waals surface area (Å²) in [6.45, 7) is 4.42. The predicted molar refractivity (Wildman–Crippen MR) is 44.1 cm³/mol. The van der Waals surface area contributed by atoms with Gasteiger partial charge in [0.25, 0.3) is 0 Å². The summed E-state index contributed by atoms with van der Waals surface area (Å²) in [4.78, 5) is 0. The van der Waals surface area contributed by atoms with E-state index in [2.05, 4.69) is 10.2 Å². The number of nitriles is 2. The molecule has 2 unspecified atom stereocenters. The first-order valence-corrected chi connectivity index (χ1v) is 3.83. The summed E-state index contributed by atoms with van der Waals surface area (Å²) in [5.41, 5.74) is 0. The van der Waals surface area contributed by atoms with E-state index in [1.54, 1.807) is 13.8 Å². The maximum Gasteiger partial charge on any atom is 0.0754 e. The average Bonchev–Trinajstić information content (AvgIpc) is 2.11. The molecule has 4 nitrogen and oxygen atoms in total. The van der Waals surface area contributed by atoms with Gasteiger partial charge in [0, 0.05) is 0 Å². The van der Waals surface area contributed by atoms with E-state index in [9.17, 15) is 0 Å². The van der Waals surface area contributed by atoms with Gasteiger partial charge in [0.1, 0.15) is 0 Å². The monoisotopic (exact) mass is 164 g/mol. The number of rotatable bonds is 4. The van der Waals surface area contributed by atoms with Crippen molar-refractivity contribution in [3.8, 4) is 12.1 Å². The van der Waals surface area contributed by atoms with E-state index in [1.165, 1.54) is 0 Å². The summed E-state index contributed by atoms with van der Waals surface area (Å²) in [5.74, 6) is -0.183. The zero-order chi connectivity index (χ0) is 9.40. The van der Waals surface area contributed by atoms with Crippen LogP contribution < -0.4 is 0 Å². The van der Waals surface area contributed by atoms with Gasteiger partial charge in [0.05, 0.1) is 37.1 Å². The fourth-order valence-corrected chi connectivity index (χ4v) is 0.442. The van der Waals surface area contributed by atoms with E-state index in [4.69, 9.17) is 10.5 Å². The maximum absolute atomic E-state index is 8.39. The lowest BCUT2D eigenvalue weighted by Gasteiger charge is -1.95. The fraction of sp³-hybridized carbons (Fsp3) is 0.750. The summed E-state index contributed by atoms with van der Waals surface area (Å²) in [7, 11) is 0. The van der Waals surface area contributed by atoms with Crippen molar-refractivity contribution in [2.75, 3.05) is 13.1 Å². The van der Waals surface area contributed by atoms with Crippen molar-refractivity contribution in [2.24, 2.45) is 22.1 Å². The molecule has 64 valence electrons. The van der Waals surface area contributed by atoms with Gasteiger partial charge in [-0.15, -0.1) is 0 Å². The normalized spacial score (nSPS) is 15.0. The molecule has 0 aliphatic carbocycles. The standard InChI is InChI=1S/C8H12N4/c1-7(3-9)5-11-12-6-8(2)4-10/h7-8H,5-6H2,1-2H3/b12-11+. The predicted octanol–water partition coefficient (Wildman–Crippen LogP) is 1.76. The van der Waals surface area contributed by atoms with Crippen LogP contribution >= 0.6 is 0 Å². The van der Waals surface area contributed by atoms with Gasteiger partial charge in [0.2, 0.25) is 0 Å². The summed E-state index contributed by atoms with van der Waals surface area (Å²) < 4.78 is 0. The Morgan fingerprint density at radius 2 is 1.33 bits per heavy atom. The quantitative estimate of drug-likeness (QED) is 0.594. The topological polar surface area (TPSA) is 72.3 Å². The van der Waals surface area contributed by atoms with Gasteiger partial charge in [-0.2, -0.15) is 20.8 Å². The zero-order valence-corrected chi connectivity index (χ0v) is 7.36. The van der Waals surface area contributed by atoms with Crippen LogP contribution in [0.1, 0.15) is 13.8 Å². The molecule has 0 amide bonds. The molecule has 0 spiro atoms. The van der Waals surface area contributed by atoms with Gasteiger partial charge in [0.15, 0.2) is 0 Å². The molecule has 0 aliphatic heterocycles. The van der Waals surface area contributed by atoms with Crippen molar-refractivity contribution in [3.05, 3.63) is 0 Å². The van der Waals surface area contributed by atoms with Crippen LogP contribution in [0.25, 0.3) is 0 Å². The summed E-state index contributed by atoms with van der Waals surface area (Å²) in [6.07, 6.45) is 0. The molecule has 0 heterocycles. The summed E-state index contributed by atoms with van der Waals surface area (Å²) in [5, 5.41) is 24.3. The van der Waals surface area contributed by atoms with Crippen molar-refractivity contribution >= 4 is 0 Å². The van der Waals surface area contributed by atoms with Gasteiger partial charge in [-0.1, -0.05) is 0 Å². The fourth-order valence-electron chi connectivity index (χ4n) is 0.442. The van der Waals surface area contributed by atoms with E-state index in [0.717, 1.165) is 0 Å².